The Labute approximate surface area is 122 Å². The Balaban J connectivity index is 2.57. The van der Waals surface area contributed by atoms with E-state index in [1.165, 1.54) is 13.1 Å². The molecular formula is C14H17N3O4. The van der Waals surface area contributed by atoms with Crippen molar-refractivity contribution < 1.29 is 19.5 Å². The summed E-state index contributed by atoms with van der Waals surface area (Å²) in [5.41, 5.74) is 1.23. The Morgan fingerprint density at radius 2 is 1.81 bits per heavy atom. The molecule has 3 amide bonds. The third-order valence-corrected chi connectivity index (χ3v) is 2.57. The van der Waals surface area contributed by atoms with E-state index in [-0.39, 0.29) is 5.91 Å². The van der Waals surface area contributed by atoms with Crippen LogP contribution >= 0.6 is 0 Å². The quantitative estimate of drug-likeness (QED) is 0.608. The maximum Gasteiger partial charge on any atom is 0.328 e. The van der Waals surface area contributed by atoms with Crippen LogP contribution in [0.25, 0.3) is 6.08 Å². The van der Waals surface area contributed by atoms with Gasteiger partial charge in [-0.2, -0.15) is 0 Å². The molecule has 1 aromatic carbocycles. The summed E-state index contributed by atoms with van der Waals surface area (Å²) in [7, 11) is 1.49. The maximum absolute atomic E-state index is 11.6. The molecule has 0 aromatic heterocycles. The molecule has 1 aromatic rings. The molecule has 0 radical (unpaired) electrons. The first kappa shape index (κ1) is 16.2. The molecule has 0 aliphatic heterocycles. The summed E-state index contributed by atoms with van der Waals surface area (Å²) in [6.07, 6.45) is 2.47. The van der Waals surface area contributed by atoms with Crippen LogP contribution < -0.4 is 16.0 Å². The summed E-state index contributed by atoms with van der Waals surface area (Å²) in [6, 6.07) is 5.44. The Hall–Kier alpha value is -2.83. The number of anilines is 1. The number of carboxylic acid groups (broad SMARTS) is 1. The number of amides is 3. The molecule has 0 aliphatic carbocycles. The van der Waals surface area contributed by atoms with Crippen molar-refractivity contribution in [3.63, 3.8) is 0 Å². The van der Waals surface area contributed by atoms with E-state index in [4.69, 9.17) is 5.11 Å². The summed E-state index contributed by atoms with van der Waals surface area (Å²) < 4.78 is 0. The Morgan fingerprint density at radius 3 is 2.33 bits per heavy atom. The van der Waals surface area contributed by atoms with Crippen LogP contribution in [0.4, 0.5) is 10.5 Å². The van der Waals surface area contributed by atoms with Crippen LogP contribution in [0.2, 0.25) is 0 Å². The predicted molar refractivity (Wildman–Crippen MR) is 78.8 cm³/mol. The molecule has 1 atom stereocenters. The van der Waals surface area contributed by atoms with Gasteiger partial charge in [-0.25, -0.2) is 9.59 Å². The van der Waals surface area contributed by atoms with Crippen LogP contribution in [-0.2, 0) is 9.59 Å². The molecule has 21 heavy (non-hydrogen) atoms. The minimum Gasteiger partial charge on any atom is -0.478 e. The average molecular weight is 291 g/mol. The number of aliphatic carboxylic acids is 1. The van der Waals surface area contributed by atoms with Crippen molar-refractivity contribution in [2.75, 3.05) is 12.4 Å². The van der Waals surface area contributed by atoms with Gasteiger partial charge in [0, 0.05) is 18.8 Å². The lowest BCUT2D eigenvalue weighted by atomic mass is 10.2. The van der Waals surface area contributed by atoms with Crippen molar-refractivity contribution >= 4 is 29.7 Å². The minimum absolute atomic E-state index is 0.292. The Kier molecular flexibility index (Phi) is 5.94. The monoisotopic (exact) mass is 291 g/mol. The van der Waals surface area contributed by atoms with Crippen molar-refractivity contribution in [1.82, 2.24) is 10.6 Å². The fraction of sp³-hybridized carbons (Fsp3) is 0.214. The van der Waals surface area contributed by atoms with Crippen molar-refractivity contribution in [1.29, 1.82) is 0 Å². The normalized spacial score (nSPS) is 11.7. The molecule has 4 N–H and O–H groups in total. The highest BCUT2D eigenvalue weighted by Crippen LogP contribution is 2.10. The highest BCUT2D eigenvalue weighted by molar-refractivity contribution is 5.93. The second-order valence-electron chi connectivity index (χ2n) is 4.23. The van der Waals surface area contributed by atoms with Crippen LogP contribution in [-0.4, -0.2) is 36.1 Å². The number of hydrogen-bond acceptors (Lipinski definition) is 3. The lowest BCUT2D eigenvalue weighted by Gasteiger charge is -2.13. The highest BCUT2D eigenvalue weighted by Gasteiger charge is 2.13. The zero-order chi connectivity index (χ0) is 15.8. The van der Waals surface area contributed by atoms with Gasteiger partial charge in [-0.05, 0) is 30.7 Å². The third kappa shape index (κ3) is 5.77. The molecule has 0 fully saturated rings. The van der Waals surface area contributed by atoms with Crippen molar-refractivity contribution in [3.8, 4) is 0 Å². The fourth-order valence-electron chi connectivity index (χ4n) is 1.49. The first-order chi connectivity index (χ1) is 9.92. The standard InChI is InChI=1S/C14H17N3O4/c1-9(13(20)15-2)16-14(21)17-11-6-3-10(4-7-11)5-8-12(18)19/h3-9H,1-2H3,(H,15,20)(H,18,19)(H2,16,17,21). The van der Waals surface area contributed by atoms with Gasteiger partial charge < -0.3 is 21.1 Å². The number of likely N-dealkylation sites (N-methyl/N-ethyl adjacent to an activating group) is 1. The van der Waals surface area contributed by atoms with Gasteiger partial charge in [-0.15, -0.1) is 0 Å². The first-order valence-electron chi connectivity index (χ1n) is 6.22. The number of hydrogen-bond donors (Lipinski definition) is 4. The molecular weight excluding hydrogens is 274 g/mol. The summed E-state index contributed by atoms with van der Waals surface area (Å²) >= 11 is 0. The number of carboxylic acids is 1. The lowest BCUT2D eigenvalue weighted by molar-refractivity contribution is -0.131. The van der Waals surface area contributed by atoms with E-state index in [9.17, 15) is 14.4 Å². The van der Waals surface area contributed by atoms with Crippen molar-refractivity contribution in [2.24, 2.45) is 0 Å². The van der Waals surface area contributed by atoms with Crippen molar-refractivity contribution in [3.05, 3.63) is 35.9 Å². The van der Waals surface area contributed by atoms with Gasteiger partial charge in [0.2, 0.25) is 5.91 Å². The van der Waals surface area contributed by atoms with E-state index < -0.39 is 18.0 Å². The first-order valence-corrected chi connectivity index (χ1v) is 6.22. The Morgan fingerprint density at radius 1 is 1.19 bits per heavy atom. The van der Waals surface area contributed by atoms with Gasteiger partial charge in [0.05, 0.1) is 0 Å². The molecule has 0 heterocycles. The second-order valence-corrected chi connectivity index (χ2v) is 4.23. The predicted octanol–water partition coefficient (Wildman–Crippen LogP) is 1.04. The van der Waals surface area contributed by atoms with Gasteiger partial charge in [-0.3, -0.25) is 4.79 Å². The maximum atomic E-state index is 11.6. The van der Waals surface area contributed by atoms with Gasteiger partial charge >= 0.3 is 12.0 Å². The lowest BCUT2D eigenvalue weighted by Crippen LogP contribution is -2.45. The molecule has 0 spiro atoms. The van der Waals surface area contributed by atoms with Crippen LogP contribution in [0.3, 0.4) is 0 Å². The van der Waals surface area contributed by atoms with Crippen LogP contribution in [0.1, 0.15) is 12.5 Å². The van der Waals surface area contributed by atoms with Crippen LogP contribution in [0, 0.1) is 0 Å². The van der Waals surface area contributed by atoms with E-state index in [1.807, 2.05) is 0 Å². The van der Waals surface area contributed by atoms with E-state index in [2.05, 4.69) is 16.0 Å². The van der Waals surface area contributed by atoms with Crippen LogP contribution in [0.5, 0.6) is 0 Å². The molecule has 0 bridgehead atoms. The minimum atomic E-state index is -1.03. The summed E-state index contributed by atoms with van der Waals surface area (Å²) in [5, 5.41) is 16.0. The van der Waals surface area contributed by atoms with Gasteiger partial charge in [0.15, 0.2) is 0 Å². The number of carbonyl (C=O) groups excluding carboxylic acids is 2. The number of rotatable bonds is 5. The smallest absolute Gasteiger partial charge is 0.328 e. The van der Waals surface area contributed by atoms with Gasteiger partial charge in [-0.1, -0.05) is 12.1 Å². The molecule has 0 aliphatic rings. The Bertz CT molecular complexity index is 552. The SMILES string of the molecule is CNC(=O)C(C)NC(=O)Nc1ccc(C=CC(=O)O)cc1. The molecule has 112 valence electrons. The highest BCUT2D eigenvalue weighted by atomic mass is 16.4. The third-order valence-electron chi connectivity index (χ3n) is 2.57. The largest absolute Gasteiger partial charge is 0.478 e. The summed E-state index contributed by atoms with van der Waals surface area (Å²) in [6.45, 7) is 1.57. The topological polar surface area (TPSA) is 108 Å². The summed E-state index contributed by atoms with van der Waals surface area (Å²) in [5.74, 6) is -1.32. The van der Waals surface area contributed by atoms with Crippen molar-refractivity contribution in [2.45, 2.75) is 13.0 Å². The fourth-order valence-corrected chi connectivity index (χ4v) is 1.49. The van der Waals surface area contributed by atoms with E-state index >= 15 is 0 Å². The molecule has 7 heteroatoms. The molecule has 1 unspecified atom stereocenters. The van der Waals surface area contributed by atoms with Gasteiger partial charge in [0.25, 0.3) is 0 Å². The van der Waals surface area contributed by atoms with E-state index in [0.29, 0.717) is 11.3 Å². The number of urea groups is 1. The van der Waals surface area contributed by atoms with Gasteiger partial charge in [0.1, 0.15) is 6.04 Å². The van der Waals surface area contributed by atoms with E-state index in [1.54, 1.807) is 31.2 Å². The molecule has 1 rings (SSSR count). The zero-order valence-electron chi connectivity index (χ0n) is 11.7. The number of carbonyl (C=O) groups is 3. The number of benzene rings is 1. The van der Waals surface area contributed by atoms with E-state index in [0.717, 1.165) is 6.08 Å². The molecule has 0 saturated carbocycles. The molecule has 0 saturated heterocycles. The average Bonchev–Trinajstić information content (AvgIpc) is 2.45. The second kappa shape index (κ2) is 7.68. The zero-order valence-corrected chi connectivity index (χ0v) is 11.7. The summed E-state index contributed by atoms with van der Waals surface area (Å²) in [4.78, 5) is 33.3. The number of nitrogens with one attached hydrogen (secondary N) is 3. The molecule has 7 nitrogen and oxygen atoms in total. The van der Waals surface area contributed by atoms with Crippen LogP contribution in [0.15, 0.2) is 30.3 Å².